The summed E-state index contributed by atoms with van der Waals surface area (Å²) in [5.41, 5.74) is 3.93. The van der Waals surface area contributed by atoms with E-state index in [1.807, 2.05) is 0 Å². The molecule has 3 aromatic carbocycles. The third kappa shape index (κ3) is 6.42. The van der Waals surface area contributed by atoms with E-state index in [1.54, 1.807) is 73.0 Å². The van der Waals surface area contributed by atoms with E-state index in [9.17, 15) is 21.6 Å². The molecule has 4 aromatic rings. The number of amides is 1. The van der Waals surface area contributed by atoms with Gasteiger partial charge in [0.25, 0.3) is 26.0 Å². The van der Waals surface area contributed by atoms with Crippen molar-refractivity contribution in [3.63, 3.8) is 0 Å². The number of hydrazone groups is 1. The molecule has 0 atom stereocenters. The first kappa shape index (κ1) is 26.1. The highest BCUT2D eigenvalue weighted by Crippen LogP contribution is 2.23. The number of benzene rings is 3. The molecule has 4 rings (SSSR count). The van der Waals surface area contributed by atoms with Gasteiger partial charge in [0.2, 0.25) is 0 Å². The van der Waals surface area contributed by atoms with Crippen molar-refractivity contribution in [1.82, 2.24) is 5.43 Å². The smallest absolute Gasteiger partial charge is 0.273 e. The molecule has 0 fully saturated rings. The summed E-state index contributed by atoms with van der Waals surface area (Å²) in [6, 6.07) is 23.8. The normalized spacial score (nSPS) is 12.1. The molecule has 9 nitrogen and oxygen atoms in total. The standard InChI is InChI=1S/C25H22N4O5S3/c1-18(19-9-7-10-20(17-19)28-36(31,32)21-11-3-2-4-12-21)26-27-25(30)22-13-5-6-14-23(22)29-37(33,34)24-15-8-16-35-24/h2-17,28-29H,1H3,(H,27,30)/b26-18-. The van der Waals surface area contributed by atoms with E-state index in [0.717, 1.165) is 11.3 Å². The molecule has 0 unspecified atom stereocenters. The lowest BCUT2D eigenvalue weighted by atomic mass is 10.1. The van der Waals surface area contributed by atoms with Crippen molar-refractivity contribution in [3.8, 4) is 0 Å². The zero-order valence-electron chi connectivity index (χ0n) is 19.5. The van der Waals surface area contributed by atoms with Crippen molar-refractivity contribution in [2.24, 2.45) is 5.10 Å². The molecule has 0 saturated carbocycles. The average Bonchev–Trinajstić information content (AvgIpc) is 3.44. The van der Waals surface area contributed by atoms with Crippen LogP contribution in [0.25, 0.3) is 0 Å². The van der Waals surface area contributed by atoms with Crippen LogP contribution in [0.5, 0.6) is 0 Å². The molecule has 190 valence electrons. The SMILES string of the molecule is C/C(=N/NC(=O)c1ccccc1NS(=O)(=O)c1cccs1)c1cccc(NS(=O)(=O)c2ccccc2)c1. The lowest BCUT2D eigenvalue weighted by molar-refractivity contribution is 0.0955. The number of carbonyl (C=O) groups excluding carboxylic acids is 1. The van der Waals surface area contributed by atoms with Gasteiger partial charge in [-0.25, -0.2) is 22.3 Å². The first-order valence-electron chi connectivity index (χ1n) is 10.8. The van der Waals surface area contributed by atoms with Crippen molar-refractivity contribution in [2.45, 2.75) is 16.0 Å². The summed E-state index contributed by atoms with van der Waals surface area (Å²) in [6.45, 7) is 1.65. The fraction of sp³-hybridized carbons (Fsp3) is 0.0400. The van der Waals surface area contributed by atoms with Gasteiger partial charge in [-0.2, -0.15) is 5.10 Å². The molecule has 0 aliphatic heterocycles. The van der Waals surface area contributed by atoms with Gasteiger partial charge in [0.15, 0.2) is 0 Å². The second-order valence-corrected chi connectivity index (χ2v) is 12.3. The van der Waals surface area contributed by atoms with Crippen LogP contribution >= 0.6 is 11.3 Å². The quantitative estimate of drug-likeness (QED) is 0.207. The lowest BCUT2D eigenvalue weighted by Gasteiger charge is -2.11. The number of hydrogen-bond donors (Lipinski definition) is 3. The van der Waals surface area contributed by atoms with Crippen LogP contribution in [-0.2, 0) is 20.0 Å². The van der Waals surface area contributed by atoms with E-state index in [2.05, 4.69) is 20.0 Å². The fourth-order valence-electron chi connectivity index (χ4n) is 3.26. The first-order valence-corrected chi connectivity index (χ1v) is 14.7. The van der Waals surface area contributed by atoms with Crippen LogP contribution in [0, 0.1) is 0 Å². The fourth-order valence-corrected chi connectivity index (χ4v) is 6.41. The van der Waals surface area contributed by atoms with E-state index >= 15 is 0 Å². The Hall–Kier alpha value is -4.00. The zero-order chi connectivity index (χ0) is 26.5. The molecule has 0 aliphatic rings. The Balaban J connectivity index is 1.49. The third-order valence-electron chi connectivity index (χ3n) is 5.09. The Morgan fingerprint density at radius 2 is 1.51 bits per heavy atom. The minimum atomic E-state index is -3.84. The maximum atomic E-state index is 12.8. The molecule has 1 heterocycles. The number of nitrogens with one attached hydrogen (secondary N) is 3. The molecule has 0 aliphatic carbocycles. The molecule has 1 aromatic heterocycles. The molecule has 0 spiro atoms. The highest BCUT2D eigenvalue weighted by Gasteiger charge is 2.19. The van der Waals surface area contributed by atoms with Crippen LogP contribution in [0.1, 0.15) is 22.8 Å². The Bertz CT molecular complexity index is 1650. The predicted molar refractivity (Wildman–Crippen MR) is 145 cm³/mol. The Morgan fingerprint density at radius 1 is 0.784 bits per heavy atom. The number of rotatable bonds is 9. The molecule has 1 amide bonds. The maximum absolute atomic E-state index is 12.8. The predicted octanol–water partition coefficient (Wildman–Crippen LogP) is 4.50. The highest BCUT2D eigenvalue weighted by atomic mass is 32.2. The molecule has 12 heteroatoms. The second-order valence-electron chi connectivity index (χ2n) is 7.72. The molecule has 0 radical (unpaired) electrons. The van der Waals surface area contributed by atoms with Gasteiger partial charge in [-0.05, 0) is 60.3 Å². The van der Waals surface area contributed by atoms with E-state index in [-0.39, 0.29) is 20.4 Å². The van der Waals surface area contributed by atoms with Crippen molar-refractivity contribution in [1.29, 1.82) is 0 Å². The molecule has 0 bridgehead atoms. The van der Waals surface area contributed by atoms with Gasteiger partial charge < -0.3 is 0 Å². The van der Waals surface area contributed by atoms with Gasteiger partial charge in [0, 0.05) is 5.69 Å². The summed E-state index contributed by atoms with van der Waals surface area (Å²) in [5.74, 6) is -0.621. The van der Waals surface area contributed by atoms with Crippen LogP contribution in [0.3, 0.4) is 0 Å². The highest BCUT2D eigenvalue weighted by molar-refractivity contribution is 7.94. The van der Waals surface area contributed by atoms with Gasteiger partial charge in [-0.1, -0.05) is 48.5 Å². The minimum absolute atomic E-state index is 0.0866. The van der Waals surface area contributed by atoms with Crippen LogP contribution in [0.15, 0.2) is 111 Å². The van der Waals surface area contributed by atoms with Crippen LogP contribution in [0.4, 0.5) is 11.4 Å². The van der Waals surface area contributed by atoms with Crippen molar-refractivity contribution < 1.29 is 21.6 Å². The summed E-state index contributed by atoms with van der Waals surface area (Å²) >= 11 is 1.06. The molecule has 3 N–H and O–H groups in total. The topological polar surface area (TPSA) is 134 Å². The summed E-state index contributed by atoms with van der Waals surface area (Å²) in [5, 5.41) is 5.76. The number of sulfonamides is 2. The number of anilines is 2. The third-order valence-corrected chi connectivity index (χ3v) is 9.25. The van der Waals surface area contributed by atoms with Gasteiger partial charge in [0.1, 0.15) is 4.21 Å². The largest absolute Gasteiger partial charge is 0.280 e. The van der Waals surface area contributed by atoms with E-state index in [4.69, 9.17) is 0 Å². The van der Waals surface area contributed by atoms with Gasteiger partial charge in [-0.3, -0.25) is 14.2 Å². The van der Waals surface area contributed by atoms with Gasteiger partial charge in [0.05, 0.1) is 21.9 Å². The first-order chi connectivity index (χ1) is 17.7. The number of carbonyl (C=O) groups is 1. The number of para-hydroxylation sites is 1. The molecule has 37 heavy (non-hydrogen) atoms. The van der Waals surface area contributed by atoms with E-state index < -0.39 is 26.0 Å². The summed E-state index contributed by atoms with van der Waals surface area (Å²) < 4.78 is 55.5. The average molecular weight is 555 g/mol. The summed E-state index contributed by atoms with van der Waals surface area (Å²) in [7, 11) is -7.61. The van der Waals surface area contributed by atoms with Crippen molar-refractivity contribution in [2.75, 3.05) is 9.44 Å². The molecular weight excluding hydrogens is 532 g/mol. The van der Waals surface area contributed by atoms with Gasteiger partial charge >= 0.3 is 0 Å². The number of hydrogen-bond acceptors (Lipinski definition) is 7. The lowest BCUT2D eigenvalue weighted by Crippen LogP contribution is -2.22. The second kappa shape index (κ2) is 10.9. The van der Waals surface area contributed by atoms with Crippen LogP contribution < -0.4 is 14.9 Å². The molecular formula is C25H22N4O5S3. The number of thiophene rings is 1. The Labute approximate surface area is 219 Å². The summed E-state index contributed by atoms with van der Waals surface area (Å²) in [4.78, 5) is 13.0. The van der Waals surface area contributed by atoms with Crippen molar-refractivity contribution in [3.05, 3.63) is 108 Å². The maximum Gasteiger partial charge on any atom is 0.273 e. The van der Waals surface area contributed by atoms with Crippen molar-refractivity contribution >= 4 is 54.4 Å². The van der Waals surface area contributed by atoms with E-state index in [0.29, 0.717) is 17.0 Å². The van der Waals surface area contributed by atoms with E-state index in [1.165, 1.54) is 30.3 Å². The summed E-state index contributed by atoms with van der Waals surface area (Å²) in [6.07, 6.45) is 0. The van der Waals surface area contributed by atoms with Crippen LogP contribution in [0.2, 0.25) is 0 Å². The minimum Gasteiger partial charge on any atom is -0.280 e. The Kier molecular flexibility index (Phi) is 7.71. The monoisotopic (exact) mass is 554 g/mol. The zero-order valence-corrected chi connectivity index (χ0v) is 21.9. The van der Waals surface area contributed by atoms with Crippen LogP contribution in [-0.4, -0.2) is 28.5 Å². The molecule has 0 saturated heterocycles. The van der Waals surface area contributed by atoms with Gasteiger partial charge in [-0.15, -0.1) is 11.3 Å². The Morgan fingerprint density at radius 3 is 2.24 bits per heavy atom. The number of nitrogens with zero attached hydrogens (tertiary/aromatic N) is 1.